The summed E-state index contributed by atoms with van der Waals surface area (Å²) in [5.41, 5.74) is 2.25. The van der Waals surface area contributed by atoms with Crippen LogP contribution in [0.15, 0.2) is 41.1 Å². The number of carbonyl (C=O) groups is 1. The SMILES string of the molecule is O=C(Nc1ccc(N2CCCC2)cc1)c1ccon1. The van der Waals surface area contributed by atoms with Crippen LogP contribution in [0.4, 0.5) is 11.4 Å². The molecule has 0 saturated carbocycles. The summed E-state index contributed by atoms with van der Waals surface area (Å²) < 4.78 is 4.64. The second-order valence-electron chi connectivity index (χ2n) is 4.58. The van der Waals surface area contributed by atoms with Crippen molar-refractivity contribution in [3.63, 3.8) is 0 Å². The summed E-state index contributed by atoms with van der Waals surface area (Å²) in [6.07, 6.45) is 3.89. The number of amides is 1. The molecule has 1 aromatic heterocycles. The molecule has 0 radical (unpaired) electrons. The van der Waals surface area contributed by atoms with Gasteiger partial charge in [0.15, 0.2) is 5.69 Å². The van der Waals surface area contributed by atoms with E-state index in [9.17, 15) is 4.79 Å². The Morgan fingerprint density at radius 1 is 1.16 bits per heavy atom. The predicted molar refractivity (Wildman–Crippen MR) is 72.3 cm³/mol. The number of anilines is 2. The van der Waals surface area contributed by atoms with Gasteiger partial charge in [0, 0.05) is 30.5 Å². The second kappa shape index (κ2) is 5.14. The zero-order valence-electron chi connectivity index (χ0n) is 10.5. The van der Waals surface area contributed by atoms with Gasteiger partial charge in [0.2, 0.25) is 0 Å². The highest BCUT2D eigenvalue weighted by molar-refractivity contribution is 6.02. The van der Waals surface area contributed by atoms with Crippen LogP contribution in [-0.2, 0) is 0 Å². The highest BCUT2D eigenvalue weighted by Crippen LogP contribution is 2.22. The molecule has 0 aliphatic carbocycles. The number of nitrogens with zero attached hydrogens (tertiary/aromatic N) is 2. The van der Waals surface area contributed by atoms with E-state index in [1.807, 2.05) is 24.3 Å². The van der Waals surface area contributed by atoms with Gasteiger partial charge in [-0.25, -0.2) is 0 Å². The largest absolute Gasteiger partial charge is 0.372 e. The molecule has 1 aliphatic heterocycles. The Hall–Kier alpha value is -2.30. The molecule has 0 bridgehead atoms. The highest BCUT2D eigenvalue weighted by Gasteiger charge is 2.13. The van der Waals surface area contributed by atoms with E-state index in [1.54, 1.807) is 0 Å². The molecule has 1 N–H and O–H groups in total. The maximum absolute atomic E-state index is 11.8. The van der Waals surface area contributed by atoms with Gasteiger partial charge in [0.1, 0.15) is 6.26 Å². The normalized spacial score (nSPS) is 14.6. The third-order valence-electron chi connectivity index (χ3n) is 3.27. The van der Waals surface area contributed by atoms with Crippen molar-refractivity contribution >= 4 is 17.3 Å². The molecule has 5 nitrogen and oxygen atoms in total. The fourth-order valence-corrected chi connectivity index (χ4v) is 2.26. The molecule has 0 unspecified atom stereocenters. The van der Waals surface area contributed by atoms with Crippen molar-refractivity contribution in [2.75, 3.05) is 23.3 Å². The van der Waals surface area contributed by atoms with Crippen molar-refractivity contribution in [2.24, 2.45) is 0 Å². The summed E-state index contributed by atoms with van der Waals surface area (Å²) in [6, 6.07) is 9.42. The zero-order valence-corrected chi connectivity index (χ0v) is 10.5. The third kappa shape index (κ3) is 2.59. The summed E-state index contributed by atoms with van der Waals surface area (Å²) in [5.74, 6) is -0.261. The van der Waals surface area contributed by atoms with Crippen LogP contribution in [0.25, 0.3) is 0 Å². The molecule has 1 saturated heterocycles. The highest BCUT2D eigenvalue weighted by atomic mass is 16.5. The van der Waals surface area contributed by atoms with E-state index in [0.29, 0.717) is 0 Å². The van der Waals surface area contributed by atoms with Crippen molar-refractivity contribution in [1.82, 2.24) is 5.16 Å². The van der Waals surface area contributed by atoms with Gasteiger partial charge in [0.05, 0.1) is 0 Å². The molecule has 98 valence electrons. The van der Waals surface area contributed by atoms with Gasteiger partial charge in [-0.2, -0.15) is 0 Å². The molecule has 0 spiro atoms. The van der Waals surface area contributed by atoms with Crippen molar-refractivity contribution in [3.05, 3.63) is 42.3 Å². The number of rotatable bonds is 3. The summed E-state index contributed by atoms with van der Waals surface area (Å²) in [4.78, 5) is 14.1. The standard InChI is InChI=1S/C14H15N3O2/c18-14(13-7-10-19-16-13)15-11-3-5-12(6-4-11)17-8-1-2-9-17/h3-7,10H,1-2,8-9H2,(H,15,18). The lowest BCUT2D eigenvalue weighted by Gasteiger charge is -2.17. The Bertz CT molecular complexity index is 543. The maximum Gasteiger partial charge on any atom is 0.277 e. The number of nitrogens with one attached hydrogen (secondary N) is 1. The minimum absolute atomic E-state index is 0.261. The lowest BCUT2D eigenvalue weighted by molar-refractivity contribution is 0.101. The predicted octanol–water partition coefficient (Wildman–Crippen LogP) is 2.53. The van der Waals surface area contributed by atoms with Crippen LogP contribution in [0.5, 0.6) is 0 Å². The Balaban J connectivity index is 1.67. The van der Waals surface area contributed by atoms with Crippen LogP contribution in [-0.4, -0.2) is 24.2 Å². The molecule has 3 rings (SSSR count). The molecule has 1 aliphatic rings. The fourth-order valence-electron chi connectivity index (χ4n) is 2.26. The van der Waals surface area contributed by atoms with E-state index in [0.717, 1.165) is 18.8 Å². The van der Waals surface area contributed by atoms with E-state index in [2.05, 4.69) is 19.9 Å². The average Bonchev–Trinajstić information content (AvgIpc) is 3.13. The quantitative estimate of drug-likeness (QED) is 0.918. The lowest BCUT2D eigenvalue weighted by Crippen LogP contribution is -2.17. The van der Waals surface area contributed by atoms with E-state index in [4.69, 9.17) is 0 Å². The minimum atomic E-state index is -0.261. The average molecular weight is 257 g/mol. The molecule has 1 amide bonds. The summed E-state index contributed by atoms with van der Waals surface area (Å²) >= 11 is 0. The zero-order chi connectivity index (χ0) is 13.1. The van der Waals surface area contributed by atoms with Gasteiger partial charge in [-0.3, -0.25) is 4.79 Å². The molecule has 0 atom stereocenters. The van der Waals surface area contributed by atoms with E-state index >= 15 is 0 Å². The van der Waals surface area contributed by atoms with Gasteiger partial charge in [-0.15, -0.1) is 0 Å². The molecule has 5 heteroatoms. The minimum Gasteiger partial charge on any atom is -0.372 e. The summed E-state index contributed by atoms with van der Waals surface area (Å²) in [5, 5.41) is 6.38. The van der Waals surface area contributed by atoms with Crippen molar-refractivity contribution in [3.8, 4) is 0 Å². The van der Waals surface area contributed by atoms with E-state index < -0.39 is 0 Å². The smallest absolute Gasteiger partial charge is 0.277 e. The number of hydrogen-bond acceptors (Lipinski definition) is 4. The molecule has 2 heterocycles. The number of carbonyl (C=O) groups excluding carboxylic acids is 1. The van der Waals surface area contributed by atoms with Gasteiger partial charge in [-0.1, -0.05) is 5.16 Å². The van der Waals surface area contributed by atoms with E-state index in [-0.39, 0.29) is 11.6 Å². The van der Waals surface area contributed by atoms with Gasteiger partial charge >= 0.3 is 0 Å². The van der Waals surface area contributed by atoms with Gasteiger partial charge in [0.25, 0.3) is 5.91 Å². The van der Waals surface area contributed by atoms with Crippen LogP contribution < -0.4 is 10.2 Å². The van der Waals surface area contributed by atoms with Crippen molar-refractivity contribution in [1.29, 1.82) is 0 Å². The Morgan fingerprint density at radius 2 is 1.89 bits per heavy atom. The molecule has 1 aromatic carbocycles. The lowest BCUT2D eigenvalue weighted by atomic mass is 10.2. The van der Waals surface area contributed by atoms with Crippen LogP contribution in [0.3, 0.4) is 0 Å². The third-order valence-corrected chi connectivity index (χ3v) is 3.27. The Morgan fingerprint density at radius 3 is 2.53 bits per heavy atom. The first kappa shape index (κ1) is 11.8. The fraction of sp³-hybridized carbons (Fsp3) is 0.286. The Labute approximate surface area is 111 Å². The monoisotopic (exact) mass is 257 g/mol. The molecular weight excluding hydrogens is 242 g/mol. The maximum atomic E-state index is 11.8. The number of hydrogen-bond donors (Lipinski definition) is 1. The van der Waals surface area contributed by atoms with Gasteiger partial charge < -0.3 is 14.7 Å². The number of benzene rings is 1. The van der Waals surface area contributed by atoms with Gasteiger partial charge in [-0.05, 0) is 37.1 Å². The van der Waals surface area contributed by atoms with Crippen molar-refractivity contribution in [2.45, 2.75) is 12.8 Å². The Kier molecular flexibility index (Phi) is 3.18. The second-order valence-corrected chi connectivity index (χ2v) is 4.58. The first-order valence-corrected chi connectivity index (χ1v) is 6.40. The molecule has 2 aromatic rings. The van der Waals surface area contributed by atoms with E-state index in [1.165, 1.54) is 30.9 Å². The summed E-state index contributed by atoms with van der Waals surface area (Å²) in [6.45, 7) is 2.23. The first-order valence-electron chi connectivity index (χ1n) is 6.40. The number of aromatic nitrogens is 1. The van der Waals surface area contributed by atoms with Crippen LogP contribution in [0, 0.1) is 0 Å². The molecule has 1 fully saturated rings. The van der Waals surface area contributed by atoms with Crippen LogP contribution in [0.1, 0.15) is 23.3 Å². The topological polar surface area (TPSA) is 58.4 Å². The summed E-state index contributed by atoms with van der Waals surface area (Å²) in [7, 11) is 0. The molecular formula is C14H15N3O2. The molecule has 19 heavy (non-hydrogen) atoms. The van der Waals surface area contributed by atoms with Crippen molar-refractivity contribution < 1.29 is 9.32 Å². The first-order chi connectivity index (χ1) is 9.33. The van der Waals surface area contributed by atoms with Crippen LogP contribution >= 0.6 is 0 Å². The van der Waals surface area contributed by atoms with Crippen LogP contribution in [0.2, 0.25) is 0 Å².